The van der Waals surface area contributed by atoms with Crippen molar-refractivity contribution in [3.05, 3.63) is 63.6 Å². The number of hydrogen-bond donors (Lipinski definition) is 1. The molecule has 1 N–H and O–H groups in total. The average molecular weight is 413 g/mol. The molecule has 0 saturated carbocycles. The topological polar surface area (TPSA) is 66.5 Å². The highest BCUT2D eigenvalue weighted by molar-refractivity contribution is 7.89. The Morgan fingerprint density at radius 3 is 2.58 bits per heavy atom. The van der Waals surface area contributed by atoms with Gasteiger partial charge in [0, 0.05) is 18.1 Å². The summed E-state index contributed by atoms with van der Waals surface area (Å²) in [7, 11) is -3.97. The van der Waals surface area contributed by atoms with Crippen LogP contribution in [0.15, 0.2) is 47.4 Å². The molecule has 1 amide bonds. The van der Waals surface area contributed by atoms with Crippen LogP contribution in [-0.2, 0) is 27.8 Å². The Hall–Kier alpha value is -1.60. The molecule has 0 spiro atoms. The van der Waals surface area contributed by atoms with Gasteiger partial charge in [-0.1, -0.05) is 47.5 Å². The molecule has 26 heavy (non-hydrogen) atoms. The van der Waals surface area contributed by atoms with E-state index < -0.39 is 16.1 Å². The number of hydrogen-bond acceptors (Lipinski definition) is 3. The van der Waals surface area contributed by atoms with Crippen LogP contribution in [0.4, 0.5) is 0 Å². The van der Waals surface area contributed by atoms with Crippen LogP contribution >= 0.6 is 23.2 Å². The van der Waals surface area contributed by atoms with Gasteiger partial charge in [0.05, 0.1) is 11.1 Å². The number of carbonyl (C=O) groups is 1. The van der Waals surface area contributed by atoms with Gasteiger partial charge in [0.15, 0.2) is 0 Å². The van der Waals surface area contributed by atoms with Crippen molar-refractivity contribution >= 4 is 39.1 Å². The summed E-state index contributed by atoms with van der Waals surface area (Å²) in [5, 5.41) is 0.301. The molecule has 2 aromatic carbocycles. The molecule has 1 aliphatic heterocycles. The van der Waals surface area contributed by atoms with E-state index in [0.717, 1.165) is 12.0 Å². The molecule has 0 unspecified atom stereocenters. The minimum absolute atomic E-state index is 0.0495. The predicted molar refractivity (Wildman–Crippen MR) is 102 cm³/mol. The van der Waals surface area contributed by atoms with E-state index in [4.69, 9.17) is 23.2 Å². The van der Waals surface area contributed by atoms with Crippen molar-refractivity contribution < 1.29 is 13.2 Å². The number of sulfonamides is 1. The Morgan fingerprint density at radius 2 is 1.85 bits per heavy atom. The lowest BCUT2D eigenvalue weighted by molar-refractivity contribution is -0.133. The SMILES string of the molecule is C[C@@H](NS(=O)(=O)c1cc(Cl)ccc1Cl)C(=O)N1CCc2ccccc2C1. The third-order valence-electron chi connectivity index (χ3n) is 4.33. The molecule has 0 fully saturated rings. The van der Waals surface area contributed by atoms with Crippen molar-refractivity contribution in [2.75, 3.05) is 6.54 Å². The zero-order valence-corrected chi connectivity index (χ0v) is 16.4. The third kappa shape index (κ3) is 4.04. The van der Waals surface area contributed by atoms with Crippen LogP contribution in [-0.4, -0.2) is 31.8 Å². The van der Waals surface area contributed by atoms with Crippen LogP contribution in [0.2, 0.25) is 10.0 Å². The molecule has 2 aromatic rings. The fourth-order valence-corrected chi connectivity index (χ4v) is 4.95. The normalized spacial score (nSPS) is 15.4. The largest absolute Gasteiger partial charge is 0.337 e. The van der Waals surface area contributed by atoms with E-state index in [9.17, 15) is 13.2 Å². The standard InChI is InChI=1S/C18H18Cl2N2O3S/c1-12(21-26(24,25)17-10-15(19)6-7-16(17)20)18(23)22-9-8-13-4-2-3-5-14(13)11-22/h2-7,10,12,21H,8-9,11H2,1H3/t12-/m1/s1. The first-order valence-electron chi connectivity index (χ1n) is 8.11. The molecule has 0 bridgehead atoms. The van der Waals surface area contributed by atoms with Gasteiger partial charge in [-0.2, -0.15) is 4.72 Å². The lowest BCUT2D eigenvalue weighted by Gasteiger charge is -2.31. The van der Waals surface area contributed by atoms with Gasteiger partial charge in [-0.05, 0) is 42.7 Å². The van der Waals surface area contributed by atoms with Gasteiger partial charge in [0.25, 0.3) is 0 Å². The van der Waals surface area contributed by atoms with Crippen LogP contribution in [0.3, 0.4) is 0 Å². The molecule has 0 aromatic heterocycles. The van der Waals surface area contributed by atoms with Crippen molar-refractivity contribution in [2.24, 2.45) is 0 Å². The van der Waals surface area contributed by atoms with Crippen molar-refractivity contribution in [1.29, 1.82) is 0 Å². The highest BCUT2D eigenvalue weighted by atomic mass is 35.5. The highest BCUT2D eigenvalue weighted by Crippen LogP contribution is 2.25. The van der Waals surface area contributed by atoms with Crippen LogP contribution < -0.4 is 4.72 Å². The van der Waals surface area contributed by atoms with E-state index in [-0.39, 0.29) is 20.8 Å². The number of halogens is 2. The second-order valence-corrected chi connectivity index (χ2v) is 8.72. The second-order valence-electron chi connectivity index (χ2n) is 6.20. The maximum atomic E-state index is 12.7. The first-order chi connectivity index (χ1) is 12.3. The van der Waals surface area contributed by atoms with E-state index in [1.54, 1.807) is 4.90 Å². The number of carbonyl (C=O) groups excluding carboxylic acids is 1. The summed E-state index contributed by atoms with van der Waals surface area (Å²) in [5.74, 6) is -0.277. The summed E-state index contributed by atoms with van der Waals surface area (Å²) < 4.78 is 27.6. The second kappa shape index (κ2) is 7.56. The molecular weight excluding hydrogens is 395 g/mol. The first kappa shape index (κ1) is 19.2. The molecule has 1 aliphatic rings. The summed E-state index contributed by atoms with van der Waals surface area (Å²) in [6, 6.07) is 11.2. The van der Waals surface area contributed by atoms with Gasteiger partial charge in [0.2, 0.25) is 15.9 Å². The maximum absolute atomic E-state index is 12.7. The van der Waals surface area contributed by atoms with Crippen LogP contribution in [0.25, 0.3) is 0 Å². The van der Waals surface area contributed by atoms with E-state index in [1.807, 2.05) is 24.3 Å². The minimum atomic E-state index is -3.97. The summed E-state index contributed by atoms with van der Waals surface area (Å²) in [5.41, 5.74) is 2.30. The molecule has 3 rings (SSSR count). The van der Waals surface area contributed by atoms with E-state index >= 15 is 0 Å². The summed E-state index contributed by atoms with van der Waals surface area (Å²) >= 11 is 11.8. The molecule has 8 heteroatoms. The number of nitrogens with one attached hydrogen (secondary N) is 1. The number of nitrogens with zero attached hydrogens (tertiary/aromatic N) is 1. The van der Waals surface area contributed by atoms with Gasteiger partial charge >= 0.3 is 0 Å². The van der Waals surface area contributed by atoms with Crippen molar-refractivity contribution in [3.8, 4) is 0 Å². The van der Waals surface area contributed by atoms with Gasteiger partial charge in [-0.3, -0.25) is 4.79 Å². The molecule has 138 valence electrons. The summed E-state index contributed by atoms with van der Waals surface area (Å²) in [6.07, 6.45) is 0.751. The van der Waals surface area contributed by atoms with Gasteiger partial charge in [-0.25, -0.2) is 8.42 Å². The quantitative estimate of drug-likeness (QED) is 0.837. The average Bonchev–Trinajstić information content (AvgIpc) is 2.62. The number of benzene rings is 2. The minimum Gasteiger partial charge on any atom is -0.337 e. The van der Waals surface area contributed by atoms with E-state index in [2.05, 4.69) is 4.72 Å². The van der Waals surface area contributed by atoms with Crippen LogP contribution in [0.1, 0.15) is 18.1 Å². The van der Waals surface area contributed by atoms with Crippen molar-refractivity contribution in [2.45, 2.75) is 30.8 Å². The molecule has 5 nitrogen and oxygen atoms in total. The molecule has 0 saturated heterocycles. The predicted octanol–water partition coefficient (Wildman–Crippen LogP) is 3.25. The summed E-state index contributed by atoms with van der Waals surface area (Å²) in [4.78, 5) is 14.2. The maximum Gasteiger partial charge on any atom is 0.242 e. The molecule has 1 atom stereocenters. The number of amides is 1. The first-order valence-corrected chi connectivity index (χ1v) is 10.3. The van der Waals surface area contributed by atoms with Crippen LogP contribution in [0, 0.1) is 0 Å². The lowest BCUT2D eigenvalue weighted by Crippen LogP contribution is -2.48. The zero-order chi connectivity index (χ0) is 18.9. The Kier molecular flexibility index (Phi) is 5.58. The van der Waals surface area contributed by atoms with E-state index in [1.165, 1.54) is 30.7 Å². The fourth-order valence-electron chi connectivity index (χ4n) is 2.99. The smallest absolute Gasteiger partial charge is 0.242 e. The Balaban J connectivity index is 1.74. The van der Waals surface area contributed by atoms with Crippen molar-refractivity contribution in [1.82, 2.24) is 9.62 Å². The van der Waals surface area contributed by atoms with Gasteiger partial charge in [0.1, 0.15) is 4.90 Å². The Bertz CT molecular complexity index is 947. The van der Waals surface area contributed by atoms with Gasteiger partial charge in [-0.15, -0.1) is 0 Å². The third-order valence-corrected chi connectivity index (χ3v) is 6.58. The molecule has 0 aliphatic carbocycles. The van der Waals surface area contributed by atoms with E-state index in [0.29, 0.717) is 13.1 Å². The van der Waals surface area contributed by atoms with Crippen molar-refractivity contribution in [3.63, 3.8) is 0 Å². The fraction of sp³-hybridized carbons (Fsp3) is 0.278. The molecule has 0 radical (unpaired) electrons. The lowest BCUT2D eigenvalue weighted by atomic mass is 9.99. The molecule has 1 heterocycles. The Morgan fingerprint density at radius 1 is 1.15 bits per heavy atom. The summed E-state index contributed by atoms with van der Waals surface area (Å²) in [6.45, 7) is 2.55. The zero-order valence-electron chi connectivity index (χ0n) is 14.1. The highest BCUT2D eigenvalue weighted by Gasteiger charge is 2.29. The van der Waals surface area contributed by atoms with Crippen LogP contribution in [0.5, 0.6) is 0 Å². The number of fused-ring (bicyclic) bond motifs is 1. The number of rotatable bonds is 4. The molecular formula is C18H18Cl2N2O3S. The van der Waals surface area contributed by atoms with Gasteiger partial charge < -0.3 is 4.90 Å². The Labute approximate surface area is 163 Å². The monoisotopic (exact) mass is 412 g/mol.